The number of allylic oxidation sites excluding steroid dienone is 1. The van der Waals surface area contributed by atoms with E-state index in [0.29, 0.717) is 18.8 Å². The van der Waals surface area contributed by atoms with Gasteiger partial charge in [-0.2, -0.15) is 0 Å². The second-order valence-electron chi connectivity index (χ2n) is 4.69. The van der Waals surface area contributed by atoms with Crippen molar-refractivity contribution in [3.63, 3.8) is 0 Å². The zero-order chi connectivity index (χ0) is 12.0. The number of nitrogens with two attached hydrogens (primary N) is 1. The number of rotatable bonds is 6. The predicted octanol–water partition coefficient (Wildman–Crippen LogP) is 3.00. The van der Waals surface area contributed by atoms with Crippen LogP contribution in [0.3, 0.4) is 0 Å². The Morgan fingerprint density at radius 3 is 2.56 bits per heavy atom. The Morgan fingerprint density at radius 1 is 1.44 bits per heavy atom. The van der Waals surface area contributed by atoms with Crippen LogP contribution >= 0.6 is 0 Å². The van der Waals surface area contributed by atoms with E-state index in [4.69, 9.17) is 5.84 Å². The number of hydrogen-bond acceptors (Lipinski definition) is 2. The molecule has 0 radical (unpaired) electrons. The largest absolute Gasteiger partial charge is 0.271 e. The molecule has 0 bridgehead atoms. The maximum absolute atomic E-state index is 13.0. The lowest BCUT2D eigenvalue weighted by Crippen LogP contribution is -2.43. The Morgan fingerprint density at radius 2 is 2.06 bits per heavy atom. The monoisotopic (exact) mass is 232 g/mol. The Hall–Kier alpha value is -0.480. The SMILES string of the molecule is C=CCCCC(NN)C1CCC(F)(F)CC1. The van der Waals surface area contributed by atoms with Crippen molar-refractivity contribution in [1.29, 1.82) is 0 Å². The zero-order valence-electron chi connectivity index (χ0n) is 9.72. The minimum absolute atomic E-state index is 0.0112. The van der Waals surface area contributed by atoms with Crippen LogP contribution in [0.2, 0.25) is 0 Å². The minimum Gasteiger partial charge on any atom is -0.271 e. The molecule has 0 aromatic rings. The summed E-state index contributed by atoms with van der Waals surface area (Å²) in [6.45, 7) is 3.66. The van der Waals surface area contributed by atoms with Gasteiger partial charge in [-0.15, -0.1) is 6.58 Å². The van der Waals surface area contributed by atoms with Crippen LogP contribution in [0, 0.1) is 5.92 Å². The van der Waals surface area contributed by atoms with E-state index in [1.54, 1.807) is 0 Å². The summed E-state index contributed by atoms with van der Waals surface area (Å²) < 4.78 is 26.0. The van der Waals surface area contributed by atoms with E-state index in [2.05, 4.69) is 12.0 Å². The average Bonchev–Trinajstić information content (AvgIpc) is 2.25. The molecule has 0 heterocycles. The first-order valence-corrected chi connectivity index (χ1v) is 6.04. The van der Waals surface area contributed by atoms with Crippen LogP contribution in [0.25, 0.3) is 0 Å². The molecule has 1 atom stereocenters. The van der Waals surface area contributed by atoms with Crippen LogP contribution in [0.15, 0.2) is 12.7 Å². The van der Waals surface area contributed by atoms with E-state index in [-0.39, 0.29) is 18.9 Å². The molecule has 4 heteroatoms. The van der Waals surface area contributed by atoms with Crippen LogP contribution in [-0.4, -0.2) is 12.0 Å². The van der Waals surface area contributed by atoms with Gasteiger partial charge in [-0.05, 0) is 38.0 Å². The molecule has 0 amide bonds. The summed E-state index contributed by atoms with van der Waals surface area (Å²) in [5, 5.41) is 0. The molecule has 0 aliphatic heterocycles. The predicted molar refractivity (Wildman–Crippen MR) is 62.1 cm³/mol. The molecule has 1 saturated carbocycles. The van der Waals surface area contributed by atoms with Crippen molar-refractivity contribution >= 4 is 0 Å². The Kier molecular flexibility index (Phi) is 5.35. The van der Waals surface area contributed by atoms with Crippen molar-refractivity contribution in [3.05, 3.63) is 12.7 Å². The van der Waals surface area contributed by atoms with E-state index in [1.165, 1.54) is 0 Å². The standard InChI is InChI=1S/C12H22F2N2/c1-2-3-4-5-11(16-15)10-6-8-12(13,14)9-7-10/h2,10-11,16H,1,3-9,15H2. The molecule has 1 aliphatic carbocycles. The van der Waals surface area contributed by atoms with Crippen LogP contribution < -0.4 is 11.3 Å². The van der Waals surface area contributed by atoms with Crippen LogP contribution in [0.4, 0.5) is 8.78 Å². The summed E-state index contributed by atoms with van der Waals surface area (Å²) in [5.74, 6) is 3.34. The lowest BCUT2D eigenvalue weighted by molar-refractivity contribution is -0.0499. The number of hydrogen-bond donors (Lipinski definition) is 2. The minimum atomic E-state index is -2.45. The van der Waals surface area contributed by atoms with E-state index in [1.807, 2.05) is 6.08 Å². The second kappa shape index (κ2) is 6.30. The molecule has 3 N–H and O–H groups in total. The summed E-state index contributed by atoms with van der Waals surface area (Å²) in [4.78, 5) is 0. The van der Waals surface area contributed by atoms with Crippen LogP contribution in [0.5, 0.6) is 0 Å². The highest BCUT2D eigenvalue weighted by Crippen LogP contribution is 2.38. The van der Waals surface area contributed by atoms with Crippen molar-refractivity contribution < 1.29 is 8.78 Å². The summed E-state index contributed by atoms with van der Waals surface area (Å²) >= 11 is 0. The van der Waals surface area contributed by atoms with Crippen LogP contribution in [-0.2, 0) is 0 Å². The molecule has 1 aliphatic rings. The van der Waals surface area contributed by atoms with E-state index < -0.39 is 5.92 Å². The number of nitrogens with one attached hydrogen (secondary N) is 1. The number of halogens is 2. The quantitative estimate of drug-likeness (QED) is 0.320. The zero-order valence-corrected chi connectivity index (χ0v) is 9.72. The molecular formula is C12H22F2N2. The first kappa shape index (κ1) is 13.6. The van der Waals surface area contributed by atoms with Gasteiger partial charge in [0.25, 0.3) is 0 Å². The third kappa shape index (κ3) is 4.18. The molecule has 1 unspecified atom stereocenters. The molecule has 16 heavy (non-hydrogen) atoms. The van der Waals surface area contributed by atoms with Gasteiger partial charge in [-0.25, -0.2) is 8.78 Å². The highest BCUT2D eigenvalue weighted by Gasteiger charge is 2.37. The lowest BCUT2D eigenvalue weighted by Gasteiger charge is -2.33. The molecular weight excluding hydrogens is 210 g/mol. The van der Waals surface area contributed by atoms with Crippen molar-refractivity contribution in [2.75, 3.05) is 0 Å². The average molecular weight is 232 g/mol. The second-order valence-corrected chi connectivity index (χ2v) is 4.69. The molecule has 2 nitrogen and oxygen atoms in total. The fourth-order valence-corrected chi connectivity index (χ4v) is 2.40. The Labute approximate surface area is 96.2 Å². The highest BCUT2D eigenvalue weighted by atomic mass is 19.3. The number of hydrazine groups is 1. The topological polar surface area (TPSA) is 38.0 Å². The van der Waals surface area contributed by atoms with Crippen molar-refractivity contribution in [2.24, 2.45) is 11.8 Å². The number of alkyl halides is 2. The maximum Gasteiger partial charge on any atom is 0.248 e. The van der Waals surface area contributed by atoms with Crippen molar-refractivity contribution in [1.82, 2.24) is 5.43 Å². The summed E-state index contributed by atoms with van der Waals surface area (Å²) in [5.41, 5.74) is 2.78. The van der Waals surface area contributed by atoms with Gasteiger partial charge in [-0.3, -0.25) is 11.3 Å². The molecule has 0 saturated heterocycles. The maximum atomic E-state index is 13.0. The molecule has 0 spiro atoms. The fraction of sp³-hybridized carbons (Fsp3) is 0.833. The Balaban J connectivity index is 2.33. The summed E-state index contributed by atoms with van der Waals surface area (Å²) in [6.07, 6.45) is 5.98. The van der Waals surface area contributed by atoms with Crippen molar-refractivity contribution in [2.45, 2.75) is 56.9 Å². The van der Waals surface area contributed by atoms with Gasteiger partial charge in [0.2, 0.25) is 5.92 Å². The van der Waals surface area contributed by atoms with E-state index in [0.717, 1.165) is 19.3 Å². The van der Waals surface area contributed by atoms with Gasteiger partial charge >= 0.3 is 0 Å². The van der Waals surface area contributed by atoms with Crippen molar-refractivity contribution in [3.8, 4) is 0 Å². The summed E-state index contributed by atoms with van der Waals surface area (Å²) in [7, 11) is 0. The van der Waals surface area contributed by atoms with Gasteiger partial charge in [-0.1, -0.05) is 6.08 Å². The summed E-state index contributed by atoms with van der Waals surface area (Å²) in [6, 6.07) is 0.177. The van der Waals surface area contributed by atoms with Crippen LogP contribution in [0.1, 0.15) is 44.9 Å². The Bertz CT molecular complexity index is 209. The van der Waals surface area contributed by atoms with E-state index in [9.17, 15) is 8.78 Å². The first-order chi connectivity index (χ1) is 7.59. The van der Waals surface area contributed by atoms with Gasteiger partial charge in [0.15, 0.2) is 0 Å². The molecule has 1 fully saturated rings. The van der Waals surface area contributed by atoms with Gasteiger partial charge in [0.1, 0.15) is 0 Å². The molecule has 94 valence electrons. The van der Waals surface area contributed by atoms with Gasteiger partial charge < -0.3 is 0 Å². The molecule has 0 aromatic heterocycles. The van der Waals surface area contributed by atoms with Gasteiger partial charge in [0.05, 0.1) is 0 Å². The fourth-order valence-electron chi connectivity index (χ4n) is 2.40. The molecule has 1 rings (SSSR count). The highest BCUT2D eigenvalue weighted by molar-refractivity contribution is 4.84. The smallest absolute Gasteiger partial charge is 0.248 e. The van der Waals surface area contributed by atoms with E-state index >= 15 is 0 Å². The number of unbranched alkanes of at least 4 members (excludes halogenated alkanes) is 1. The van der Waals surface area contributed by atoms with Gasteiger partial charge in [0, 0.05) is 18.9 Å². The third-order valence-corrected chi connectivity index (χ3v) is 3.47. The normalized spacial score (nSPS) is 22.9. The molecule has 0 aromatic carbocycles. The third-order valence-electron chi connectivity index (χ3n) is 3.47. The first-order valence-electron chi connectivity index (χ1n) is 6.04. The lowest BCUT2D eigenvalue weighted by atomic mass is 9.80.